The van der Waals surface area contributed by atoms with E-state index in [1.165, 1.54) is 6.08 Å². The summed E-state index contributed by atoms with van der Waals surface area (Å²) in [5, 5.41) is 11.2. The number of nitriles is 1. The minimum Gasteiger partial charge on any atom is -0.462 e. The number of rotatable bonds is 8. The van der Waals surface area contributed by atoms with Gasteiger partial charge in [0.2, 0.25) is 5.91 Å². The second-order valence-electron chi connectivity index (χ2n) is 6.99. The number of carbonyl (C=O) groups is 2. The highest BCUT2D eigenvalue weighted by Gasteiger charge is 2.07. The molecule has 8 heteroatoms. The average molecular weight is 442 g/mol. The summed E-state index contributed by atoms with van der Waals surface area (Å²) in [7, 11) is 0. The fraction of sp³-hybridized carbons (Fsp3) is 0.0800. The average Bonchev–Trinajstić information content (AvgIpc) is 2.81. The molecule has 0 spiro atoms. The molecule has 3 rings (SSSR count). The summed E-state index contributed by atoms with van der Waals surface area (Å²) in [6.45, 7) is -0.0678. The summed E-state index contributed by atoms with van der Waals surface area (Å²) in [6, 6.07) is 19.5. The fourth-order valence-corrected chi connectivity index (χ4v) is 2.91. The van der Waals surface area contributed by atoms with Crippen LogP contribution in [-0.4, -0.2) is 18.5 Å². The number of nitrogen functional groups attached to an aromatic ring is 2. The largest absolute Gasteiger partial charge is 0.462 e. The van der Waals surface area contributed by atoms with Crippen molar-refractivity contribution in [2.75, 3.05) is 23.4 Å². The number of nitrogens with one attached hydrogen (secondary N) is 1. The number of hydrogen-bond acceptors (Lipinski definition) is 7. The van der Waals surface area contributed by atoms with Crippen LogP contribution in [0.5, 0.6) is 5.75 Å². The van der Waals surface area contributed by atoms with E-state index in [1.807, 2.05) is 36.4 Å². The van der Waals surface area contributed by atoms with E-state index in [4.69, 9.17) is 26.2 Å². The molecule has 3 aromatic carbocycles. The Morgan fingerprint density at radius 3 is 2.30 bits per heavy atom. The van der Waals surface area contributed by atoms with Crippen molar-refractivity contribution in [3.05, 3.63) is 78.4 Å². The molecule has 166 valence electrons. The number of nitrogens with zero attached hydrogens (tertiary/aromatic N) is 1. The molecule has 0 unspecified atom stereocenters. The lowest BCUT2D eigenvalue weighted by atomic mass is 10.0. The van der Waals surface area contributed by atoms with Gasteiger partial charge in [-0.1, -0.05) is 36.4 Å². The van der Waals surface area contributed by atoms with Crippen LogP contribution in [0.1, 0.15) is 12.0 Å². The van der Waals surface area contributed by atoms with Gasteiger partial charge in [0.25, 0.3) is 6.26 Å². The highest BCUT2D eigenvalue weighted by atomic mass is 16.5. The van der Waals surface area contributed by atoms with E-state index < -0.39 is 5.97 Å². The summed E-state index contributed by atoms with van der Waals surface area (Å²) in [4.78, 5) is 23.9. The summed E-state index contributed by atoms with van der Waals surface area (Å²) in [5.41, 5.74) is 15.5. The molecule has 0 saturated carbocycles. The van der Waals surface area contributed by atoms with E-state index in [9.17, 15) is 9.59 Å². The maximum Gasteiger partial charge on any atom is 0.330 e. The fourth-order valence-electron chi connectivity index (χ4n) is 2.91. The normalized spacial score (nSPS) is 10.4. The maximum atomic E-state index is 12.0. The molecule has 0 radical (unpaired) electrons. The van der Waals surface area contributed by atoms with Crippen molar-refractivity contribution >= 4 is 35.0 Å². The predicted molar refractivity (Wildman–Crippen MR) is 127 cm³/mol. The molecule has 5 N–H and O–H groups in total. The standard InChI is InChI=1S/C25H22N4O4/c26-16-33-21-9-6-19(7-10-21)18-4-1-17(2-5-18)3-12-25(31)32-14-13-24(30)29-23-15-20(27)8-11-22(23)28/h1-12,15H,13-14,27-28H2,(H,29,30)/b12-3+. The number of amides is 1. The molecule has 0 aromatic heterocycles. The van der Waals surface area contributed by atoms with E-state index in [0.717, 1.165) is 16.7 Å². The van der Waals surface area contributed by atoms with Gasteiger partial charge in [-0.25, -0.2) is 4.79 Å². The Morgan fingerprint density at radius 2 is 1.64 bits per heavy atom. The molecule has 3 aromatic rings. The molecule has 8 nitrogen and oxygen atoms in total. The van der Waals surface area contributed by atoms with Crippen molar-refractivity contribution in [2.24, 2.45) is 0 Å². The molecule has 0 bridgehead atoms. The van der Waals surface area contributed by atoms with Crippen molar-refractivity contribution in [3.8, 4) is 23.1 Å². The molecule has 33 heavy (non-hydrogen) atoms. The molecule has 0 aliphatic rings. The number of nitrogens with two attached hydrogens (primary N) is 2. The van der Waals surface area contributed by atoms with Crippen LogP contribution >= 0.6 is 0 Å². The maximum absolute atomic E-state index is 12.0. The topological polar surface area (TPSA) is 140 Å². The summed E-state index contributed by atoms with van der Waals surface area (Å²) < 4.78 is 9.84. The van der Waals surface area contributed by atoms with Gasteiger partial charge in [0.05, 0.1) is 17.8 Å². The van der Waals surface area contributed by atoms with Gasteiger partial charge < -0.3 is 26.3 Å². The van der Waals surface area contributed by atoms with E-state index in [2.05, 4.69) is 5.32 Å². The number of carbonyl (C=O) groups excluding carboxylic acids is 2. The van der Waals surface area contributed by atoms with Gasteiger partial charge in [-0.3, -0.25) is 4.79 Å². The number of esters is 1. The molecular formula is C25H22N4O4. The number of benzene rings is 3. The van der Waals surface area contributed by atoms with Crippen LogP contribution in [0.25, 0.3) is 17.2 Å². The van der Waals surface area contributed by atoms with Crippen LogP contribution in [0.15, 0.2) is 72.8 Å². The molecule has 1 amide bonds. The van der Waals surface area contributed by atoms with Gasteiger partial charge in [-0.15, -0.1) is 5.26 Å². The lowest BCUT2D eigenvalue weighted by Gasteiger charge is -2.09. The monoisotopic (exact) mass is 442 g/mol. The zero-order chi connectivity index (χ0) is 23.6. The van der Waals surface area contributed by atoms with Crippen LogP contribution in [-0.2, 0) is 14.3 Å². The van der Waals surface area contributed by atoms with Crippen LogP contribution in [0, 0.1) is 11.5 Å². The van der Waals surface area contributed by atoms with Gasteiger partial charge in [0, 0.05) is 11.8 Å². The molecule has 0 aliphatic carbocycles. The Bertz CT molecular complexity index is 1200. The van der Waals surface area contributed by atoms with E-state index in [-0.39, 0.29) is 18.9 Å². The zero-order valence-electron chi connectivity index (χ0n) is 17.7. The first-order valence-electron chi connectivity index (χ1n) is 10.0. The second-order valence-corrected chi connectivity index (χ2v) is 6.99. The Morgan fingerprint density at radius 1 is 0.970 bits per heavy atom. The quantitative estimate of drug-likeness (QED) is 0.207. The van der Waals surface area contributed by atoms with Crippen LogP contribution in [0.2, 0.25) is 0 Å². The van der Waals surface area contributed by atoms with E-state index >= 15 is 0 Å². The van der Waals surface area contributed by atoms with E-state index in [1.54, 1.807) is 42.7 Å². The molecular weight excluding hydrogens is 420 g/mol. The van der Waals surface area contributed by atoms with Gasteiger partial charge >= 0.3 is 5.97 Å². The molecule has 0 heterocycles. The van der Waals surface area contributed by atoms with Crippen LogP contribution in [0.4, 0.5) is 17.1 Å². The minimum absolute atomic E-state index is 0.0132. The third-order valence-corrected chi connectivity index (χ3v) is 4.60. The first-order chi connectivity index (χ1) is 15.9. The van der Waals surface area contributed by atoms with Gasteiger partial charge in [-0.05, 0) is 53.1 Å². The van der Waals surface area contributed by atoms with Crippen molar-refractivity contribution in [2.45, 2.75) is 6.42 Å². The highest BCUT2D eigenvalue weighted by Crippen LogP contribution is 2.23. The molecule has 0 aliphatic heterocycles. The third-order valence-electron chi connectivity index (χ3n) is 4.60. The predicted octanol–water partition coefficient (Wildman–Crippen LogP) is 3.96. The summed E-state index contributed by atoms with van der Waals surface area (Å²) in [5.74, 6) is -0.416. The van der Waals surface area contributed by atoms with Crippen molar-refractivity contribution in [1.29, 1.82) is 5.26 Å². The first kappa shape index (κ1) is 22.9. The smallest absolute Gasteiger partial charge is 0.330 e. The highest BCUT2D eigenvalue weighted by molar-refractivity contribution is 5.95. The second kappa shape index (κ2) is 11.0. The van der Waals surface area contributed by atoms with Crippen molar-refractivity contribution in [1.82, 2.24) is 0 Å². The molecule has 0 saturated heterocycles. The van der Waals surface area contributed by atoms with Crippen LogP contribution < -0.4 is 21.5 Å². The Balaban J connectivity index is 1.45. The van der Waals surface area contributed by atoms with Crippen LogP contribution in [0.3, 0.4) is 0 Å². The van der Waals surface area contributed by atoms with E-state index in [0.29, 0.717) is 22.8 Å². The molecule has 0 atom stereocenters. The Hall–Kier alpha value is -4.77. The summed E-state index contributed by atoms with van der Waals surface area (Å²) in [6.07, 6.45) is 4.55. The van der Waals surface area contributed by atoms with Gasteiger partial charge in [0.15, 0.2) is 0 Å². The Kier molecular flexibility index (Phi) is 7.65. The lowest BCUT2D eigenvalue weighted by molar-refractivity contribution is -0.138. The Labute approximate surface area is 191 Å². The van der Waals surface area contributed by atoms with Crippen molar-refractivity contribution in [3.63, 3.8) is 0 Å². The third kappa shape index (κ3) is 6.87. The number of ether oxygens (including phenoxy) is 2. The van der Waals surface area contributed by atoms with Gasteiger partial charge in [0.1, 0.15) is 12.4 Å². The lowest BCUT2D eigenvalue weighted by Crippen LogP contribution is -2.16. The van der Waals surface area contributed by atoms with Gasteiger partial charge in [-0.2, -0.15) is 0 Å². The number of hydrogen-bond donors (Lipinski definition) is 3. The summed E-state index contributed by atoms with van der Waals surface area (Å²) >= 11 is 0. The molecule has 0 fully saturated rings. The minimum atomic E-state index is -0.552. The van der Waals surface area contributed by atoms with Crippen molar-refractivity contribution < 1.29 is 19.1 Å². The zero-order valence-corrected chi connectivity index (χ0v) is 17.7. The first-order valence-corrected chi connectivity index (χ1v) is 10.0. The SMILES string of the molecule is N#COc1ccc(-c2ccc(/C=C/C(=O)OCCC(=O)Nc3cc(N)ccc3N)cc2)cc1. The number of anilines is 3.